The van der Waals surface area contributed by atoms with E-state index in [1.165, 1.54) is 30.6 Å². The summed E-state index contributed by atoms with van der Waals surface area (Å²) in [5.41, 5.74) is 2.04. The van der Waals surface area contributed by atoms with Crippen LogP contribution in [0.3, 0.4) is 0 Å². The van der Waals surface area contributed by atoms with E-state index in [1.807, 2.05) is 19.1 Å². The number of nitrogens with one attached hydrogen (secondary N) is 1. The number of furan rings is 1. The number of esters is 1. The van der Waals surface area contributed by atoms with E-state index in [1.54, 1.807) is 24.3 Å². The third-order valence-corrected chi connectivity index (χ3v) is 6.05. The van der Waals surface area contributed by atoms with Gasteiger partial charge in [-0.2, -0.15) is 0 Å². The van der Waals surface area contributed by atoms with Crippen molar-refractivity contribution in [2.24, 2.45) is 0 Å². The van der Waals surface area contributed by atoms with Gasteiger partial charge in [0.1, 0.15) is 22.0 Å². The van der Waals surface area contributed by atoms with Gasteiger partial charge in [0, 0.05) is 20.3 Å². The quantitative estimate of drug-likeness (QED) is 0.337. The van der Waals surface area contributed by atoms with Gasteiger partial charge in [-0.1, -0.05) is 28.1 Å². The lowest BCUT2D eigenvalue weighted by Gasteiger charge is -2.07. The van der Waals surface area contributed by atoms with Crippen molar-refractivity contribution in [3.63, 3.8) is 0 Å². The van der Waals surface area contributed by atoms with Crippen molar-refractivity contribution >= 4 is 55.1 Å². The number of amides is 1. The van der Waals surface area contributed by atoms with E-state index >= 15 is 0 Å². The molecule has 0 aliphatic rings. The third-order valence-electron chi connectivity index (χ3n) is 4.54. The Morgan fingerprint density at radius 1 is 1.13 bits per heavy atom. The molecule has 4 aromatic rings. The molecule has 8 heteroatoms. The van der Waals surface area contributed by atoms with Crippen molar-refractivity contribution in [1.29, 1.82) is 0 Å². The van der Waals surface area contributed by atoms with Crippen LogP contribution in [0, 0.1) is 12.7 Å². The summed E-state index contributed by atoms with van der Waals surface area (Å²) in [6, 6.07) is 12.9. The highest BCUT2D eigenvalue weighted by Gasteiger charge is 2.26. The summed E-state index contributed by atoms with van der Waals surface area (Å²) >= 11 is 4.63. The molecule has 5 nitrogen and oxygen atoms in total. The van der Waals surface area contributed by atoms with Crippen molar-refractivity contribution in [1.82, 2.24) is 0 Å². The lowest BCUT2D eigenvalue weighted by molar-refractivity contribution is 0.0603. The molecular formula is C22H15BrFNO4S. The van der Waals surface area contributed by atoms with Gasteiger partial charge in [0.15, 0.2) is 5.76 Å². The zero-order valence-electron chi connectivity index (χ0n) is 15.9. The first-order chi connectivity index (χ1) is 14.4. The number of rotatable bonds is 4. The molecular weight excluding hydrogens is 473 g/mol. The molecule has 0 fully saturated rings. The fourth-order valence-corrected chi connectivity index (χ4v) is 4.62. The molecule has 2 aromatic carbocycles. The van der Waals surface area contributed by atoms with Crippen molar-refractivity contribution in [3.05, 3.63) is 75.0 Å². The van der Waals surface area contributed by atoms with Crippen LogP contribution in [0.5, 0.6) is 0 Å². The Morgan fingerprint density at radius 2 is 1.87 bits per heavy atom. The molecule has 2 heterocycles. The van der Waals surface area contributed by atoms with Crippen LogP contribution < -0.4 is 5.32 Å². The molecule has 0 saturated heterocycles. The van der Waals surface area contributed by atoms with E-state index in [4.69, 9.17) is 9.15 Å². The second-order valence-corrected chi connectivity index (χ2v) is 8.62. The second kappa shape index (κ2) is 8.04. The number of halogens is 2. The molecule has 0 radical (unpaired) electrons. The Morgan fingerprint density at radius 3 is 2.57 bits per heavy atom. The number of ether oxygens (including phenoxy) is 1. The lowest BCUT2D eigenvalue weighted by atomic mass is 10.0. The Bertz CT molecular complexity index is 1280. The van der Waals surface area contributed by atoms with Gasteiger partial charge >= 0.3 is 5.97 Å². The molecule has 0 saturated carbocycles. The van der Waals surface area contributed by atoms with Gasteiger partial charge in [-0.3, -0.25) is 4.79 Å². The molecule has 0 spiro atoms. The van der Waals surface area contributed by atoms with Crippen molar-refractivity contribution in [3.8, 4) is 11.1 Å². The molecule has 0 atom stereocenters. The van der Waals surface area contributed by atoms with Gasteiger partial charge in [-0.25, -0.2) is 9.18 Å². The number of benzene rings is 2. The summed E-state index contributed by atoms with van der Waals surface area (Å²) in [7, 11) is 1.27. The average molecular weight is 488 g/mol. The highest BCUT2D eigenvalue weighted by Crippen LogP contribution is 2.40. The molecule has 0 bridgehead atoms. The summed E-state index contributed by atoms with van der Waals surface area (Å²) < 4.78 is 24.8. The molecule has 2 aromatic heterocycles. The summed E-state index contributed by atoms with van der Waals surface area (Å²) in [4.78, 5) is 26.1. The molecule has 0 aliphatic heterocycles. The maximum atomic E-state index is 13.3. The van der Waals surface area contributed by atoms with Crippen LogP contribution in [-0.2, 0) is 4.74 Å². The standard InChI is InChI=1S/C22H15BrFNO4S/c1-11-18(12-3-6-15(24)7-4-12)19(22(27)28-2)21(30-11)25-20(26)17-10-13-9-14(23)5-8-16(13)29-17/h3-10H,1-2H3,(H,25,26). The van der Waals surface area contributed by atoms with E-state index in [0.717, 1.165) is 14.7 Å². The van der Waals surface area contributed by atoms with Crippen LogP contribution >= 0.6 is 27.3 Å². The molecule has 0 unspecified atom stereocenters. The lowest BCUT2D eigenvalue weighted by Crippen LogP contribution is -2.13. The first-order valence-electron chi connectivity index (χ1n) is 8.85. The average Bonchev–Trinajstić information content (AvgIpc) is 3.28. The minimum Gasteiger partial charge on any atom is -0.465 e. The van der Waals surface area contributed by atoms with Crippen LogP contribution in [0.15, 0.2) is 57.4 Å². The van der Waals surface area contributed by atoms with Gasteiger partial charge < -0.3 is 14.5 Å². The van der Waals surface area contributed by atoms with Gasteiger partial charge in [0.2, 0.25) is 0 Å². The molecule has 0 aliphatic carbocycles. The summed E-state index contributed by atoms with van der Waals surface area (Å²) in [6.07, 6.45) is 0. The highest BCUT2D eigenvalue weighted by atomic mass is 79.9. The fourth-order valence-electron chi connectivity index (χ4n) is 3.18. The van der Waals surface area contributed by atoms with Crippen LogP contribution in [0.4, 0.5) is 9.39 Å². The van der Waals surface area contributed by atoms with Gasteiger partial charge in [0.05, 0.1) is 7.11 Å². The Kier molecular flexibility index (Phi) is 5.44. The number of aryl methyl sites for hydroxylation is 1. The van der Waals surface area contributed by atoms with E-state index < -0.39 is 11.9 Å². The highest BCUT2D eigenvalue weighted by molar-refractivity contribution is 9.10. The van der Waals surface area contributed by atoms with E-state index in [-0.39, 0.29) is 17.1 Å². The Hall–Kier alpha value is -2.97. The third kappa shape index (κ3) is 3.76. The SMILES string of the molecule is COC(=O)c1c(NC(=O)c2cc3cc(Br)ccc3o2)sc(C)c1-c1ccc(F)cc1. The predicted octanol–water partition coefficient (Wildman–Crippen LogP) is 6.41. The first kappa shape index (κ1) is 20.3. The fraction of sp³-hybridized carbons (Fsp3) is 0.0909. The Labute approximate surface area is 183 Å². The number of hydrogen-bond donors (Lipinski definition) is 1. The Balaban J connectivity index is 1.74. The number of carbonyl (C=O) groups excluding carboxylic acids is 2. The van der Waals surface area contributed by atoms with Crippen molar-refractivity contribution in [2.75, 3.05) is 12.4 Å². The number of carbonyl (C=O) groups is 2. The molecule has 1 amide bonds. The van der Waals surface area contributed by atoms with E-state index in [2.05, 4.69) is 21.2 Å². The topological polar surface area (TPSA) is 68.5 Å². The normalized spacial score (nSPS) is 10.9. The number of methoxy groups -OCH3 is 1. The molecule has 1 N–H and O–H groups in total. The minimum atomic E-state index is -0.595. The van der Waals surface area contributed by atoms with Gasteiger partial charge in [0.25, 0.3) is 5.91 Å². The van der Waals surface area contributed by atoms with Crippen molar-refractivity contribution in [2.45, 2.75) is 6.92 Å². The zero-order valence-corrected chi connectivity index (χ0v) is 18.3. The number of hydrogen-bond acceptors (Lipinski definition) is 5. The molecule has 30 heavy (non-hydrogen) atoms. The van der Waals surface area contributed by atoms with E-state index in [9.17, 15) is 14.0 Å². The van der Waals surface area contributed by atoms with E-state index in [0.29, 0.717) is 21.7 Å². The van der Waals surface area contributed by atoms with Crippen molar-refractivity contribution < 1.29 is 23.1 Å². The maximum absolute atomic E-state index is 13.3. The number of fused-ring (bicyclic) bond motifs is 1. The zero-order chi connectivity index (χ0) is 21.4. The summed E-state index contributed by atoms with van der Waals surface area (Å²) in [6.45, 7) is 1.82. The van der Waals surface area contributed by atoms with Gasteiger partial charge in [-0.15, -0.1) is 11.3 Å². The number of thiophene rings is 1. The number of anilines is 1. The predicted molar refractivity (Wildman–Crippen MR) is 118 cm³/mol. The summed E-state index contributed by atoms with van der Waals surface area (Å²) in [5.74, 6) is -1.34. The second-order valence-electron chi connectivity index (χ2n) is 6.48. The molecule has 4 rings (SSSR count). The van der Waals surface area contributed by atoms with Crippen LogP contribution in [0.25, 0.3) is 22.1 Å². The van der Waals surface area contributed by atoms with Gasteiger partial charge in [-0.05, 0) is 48.9 Å². The van der Waals surface area contributed by atoms with Crippen LogP contribution in [0.1, 0.15) is 25.8 Å². The van der Waals surface area contributed by atoms with Crippen LogP contribution in [-0.4, -0.2) is 19.0 Å². The first-order valence-corrected chi connectivity index (χ1v) is 10.5. The largest absolute Gasteiger partial charge is 0.465 e. The molecule has 152 valence electrons. The summed E-state index contributed by atoms with van der Waals surface area (Å²) in [5, 5.41) is 3.87. The maximum Gasteiger partial charge on any atom is 0.341 e. The monoisotopic (exact) mass is 487 g/mol. The smallest absolute Gasteiger partial charge is 0.341 e. The van der Waals surface area contributed by atoms with Crippen LogP contribution in [0.2, 0.25) is 0 Å². The minimum absolute atomic E-state index is 0.119.